The zero-order chi connectivity index (χ0) is 19.4. The average molecular weight is 407 g/mol. The molecule has 4 nitrogen and oxygen atoms in total. The predicted octanol–water partition coefficient (Wildman–Crippen LogP) is 4.42. The molecule has 27 heavy (non-hydrogen) atoms. The van der Waals surface area contributed by atoms with Gasteiger partial charge in [0.15, 0.2) is 0 Å². The number of amides is 2. The molecule has 1 aromatic carbocycles. The van der Waals surface area contributed by atoms with Gasteiger partial charge in [-0.2, -0.15) is 0 Å². The zero-order valence-corrected chi connectivity index (χ0v) is 16.8. The van der Waals surface area contributed by atoms with E-state index >= 15 is 0 Å². The van der Waals surface area contributed by atoms with Gasteiger partial charge in [0.05, 0.1) is 0 Å². The van der Waals surface area contributed by atoms with E-state index in [4.69, 9.17) is 23.2 Å². The first-order valence-electron chi connectivity index (χ1n) is 9.32. The third-order valence-corrected chi connectivity index (χ3v) is 5.94. The second kappa shape index (κ2) is 8.94. The van der Waals surface area contributed by atoms with E-state index in [9.17, 15) is 9.59 Å². The standard InChI is InChI=1S/C21H24Cl2N2O2/c1-2-20(26)24-11-7-16(8-12-24)21(27)25-9-5-15(6-10-25)13-17-14-18(22)3-4-19(17)23/h2-4,13-14,16H,1,5-12H2. The maximum atomic E-state index is 12.8. The molecule has 0 radical (unpaired) electrons. The maximum Gasteiger partial charge on any atom is 0.245 e. The van der Waals surface area contributed by atoms with E-state index in [1.165, 1.54) is 11.6 Å². The van der Waals surface area contributed by atoms with Crippen LogP contribution >= 0.6 is 23.2 Å². The van der Waals surface area contributed by atoms with Crippen LogP contribution in [0.4, 0.5) is 0 Å². The average Bonchev–Trinajstić information content (AvgIpc) is 2.70. The number of benzene rings is 1. The molecule has 2 fully saturated rings. The number of nitrogens with zero attached hydrogens (tertiary/aromatic N) is 2. The second-order valence-electron chi connectivity index (χ2n) is 7.10. The van der Waals surface area contributed by atoms with Crippen molar-refractivity contribution < 1.29 is 9.59 Å². The van der Waals surface area contributed by atoms with Gasteiger partial charge in [-0.05, 0) is 55.5 Å². The maximum absolute atomic E-state index is 12.8. The molecule has 0 N–H and O–H groups in total. The Morgan fingerprint density at radius 2 is 1.70 bits per heavy atom. The Balaban J connectivity index is 1.54. The van der Waals surface area contributed by atoms with Crippen LogP contribution in [0.1, 0.15) is 31.2 Å². The van der Waals surface area contributed by atoms with Gasteiger partial charge in [-0.25, -0.2) is 0 Å². The molecule has 3 rings (SSSR count). The molecule has 0 aliphatic carbocycles. The van der Waals surface area contributed by atoms with Crippen molar-refractivity contribution in [3.8, 4) is 0 Å². The fraction of sp³-hybridized carbons (Fsp3) is 0.429. The Labute approximate surface area is 170 Å². The van der Waals surface area contributed by atoms with Crippen LogP contribution in [0.3, 0.4) is 0 Å². The Kier molecular flexibility index (Phi) is 6.61. The lowest BCUT2D eigenvalue weighted by molar-refractivity contribution is -0.139. The molecule has 2 saturated heterocycles. The molecule has 0 saturated carbocycles. The van der Waals surface area contributed by atoms with E-state index in [2.05, 4.69) is 12.7 Å². The van der Waals surface area contributed by atoms with Crippen LogP contribution in [0.25, 0.3) is 6.08 Å². The van der Waals surface area contributed by atoms with E-state index in [0.717, 1.165) is 44.3 Å². The van der Waals surface area contributed by atoms with Crippen LogP contribution in [0.5, 0.6) is 0 Å². The van der Waals surface area contributed by atoms with Crippen LogP contribution < -0.4 is 0 Å². The number of carbonyl (C=O) groups excluding carboxylic acids is 2. The summed E-state index contributed by atoms with van der Waals surface area (Å²) in [5.41, 5.74) is 2.22. The van der Waals surface area contributed by atoms with Crippen molar-refractivity contribution in [1.82, 2.24) is 9.80 Å². The molecule has 1 aromatic rings. The molecule has 0 bridgehead atoms. The van der Waals surface area contributed by atoms with Gasteiger partial charge in [-0.1, -0.05) is 41.4 Å². The highest BCUT2D eigenvalue weighted by Gasteiger charge is 2.30. The summed E-state index contributed by atoms with van der Waals surface area (Å²) in [6.45, 7) is 6.25. The number of halogens is 2. The van der Waals surface area contributed by atoms with E-state index in [1.807, 2.05) is 11.0 Å². The number of hydrogen-bond donors (Lipinski definition) is 0. The molecule has 0 atom stereocenters. The fourth-order valence-corrected chi connectivity index (χ4v) is 4.09. The molecule has 2 amide bonds. The molecule has 2 aliphatic rings. The fourth-order valence-electron chi connectivity index (χ4n) is 3.74. The van der Waals surface area contributed by atoms with Crippen molar-refractivity contribution in [2.75, 3.05) is 26.2 Å². The topological polar surface area (TPSA) is 40.6 Å². The zero-order valence-electron chi connectivity index (χ0n) is 15.3. The quantitative estimate of drug-likeness (QED) is 0.696. The molecule has 144 valence electrons. The van der Waals surface area contributed by atoms with Crippen LogP contribution in [0, 0.1) is 5.92 Å². The van der Waals surface area contributed by atoms with Crippen LogP contribution in [-0.2, 0) is 9.59 Å². The smallest absolute Gasteiger partial charge is 0.245 e. The van der Waals surface area contributed by atoms with E-state index in [0.29, 0.717) is 23.1 Å². The lowest BCUT2D eigenvalue weighted by Crippen LogP contribution is -2.45. The highest BCUT2D eigenvalue weighted by atomic mass is 35.5. The van der Waals surface area contributed by atoms with Crippen LogP contribution in [0.15, 0.2) is 36.4 Å². The summed E-state index contributed by atoms with van der Waals surface area (Å²) < 4.78 is 0. The summed E-state index contributed by atoms with van der Waals surface area (Å²) in [6.07, 6.45) is 6.60. The summed E-state index contributed by atoms with van der Waals surface area (Å²) in [5.74, 6) is 0.195. The largest absolute Gasteiger partial charge is 0.342 e. The van der Waals surface area contributed by atoms with Gasteiger partial charge < -0.3 is 9.80 Å². The monoisotopic (exact) mass is 406 g/mol. The third-order valence-electron chi connectivity index (χ3n) is 5.37. The first-order chi connectivity index (χ1) is 13.0. The van der Waals surface area contributed by atoms with Gasteiger partial charge in [0.1, 0.15) is 0 Å². The number of likely N-dealkylation sites (tertiary alicyclic amines) is 2. The number of hydrogen-bond acceptors (Lipinski definition) is 2. The van der Waals surface area contributed by atoms with Crippen molar-refractivity contribution in [3.63, 3.8) is 0 Å². The predicted molar refractivity (Wildman–Crippen MR) is 110 cm³/mol. The molecule has 0 spiro atoms. The summed E-state index contributed by atoms with van der Waals surface area (Å²) in [7, 11) is 0. The molecule has 6 heteroatoms. The number of carbonyl (C=O) groups is 2. The number of rotatable bonds is 3. The summed E-state index contributed by atoms with van der Waals surface area (Å²) in [4.78, 5) is 28.2. The molecular weight excluding hydrogens is 383 g/mol. The third kappa shape index (κ3) is 4.94. The first kappa shape index (κ1) is 20.0. The number of piperidine rings is 2. The summed E-state index contributed by atoms with van der Waals surface area (Å²) >= 11 is 12.3. The van der Waals surface area contributed by atoms with Crippen molar-refractivity contribution in [2.24, 2.45) is 5.92 Å². The summed E-state index contributed by atoms with van der Waals surface area (Å²) in [6, 6.07) is 5.45. The normalized spacial score (nSPS) is 18.4. The van der Waals surface area contributed by atoms with Crippen molar-refractivity contribution in [3.05, 3.63) is 52.0 Å². The van der Waals surface area contributed by atoms with Crippen LogP contribution in [-0.4, -0.2) is 47.8 Å². The Bertz CT molecular complexity index is 757. The molecule has 0 aromatic heterocycles. The molecule has 2 heterocycles. The molecule has 2 aliphatic heterocycles. The van der Waals surface area contributed by atoms with Gasteiger partial charge in [0.25, 0.3) is 0 Å². The van der Waals surface area contributed by atoms with Gasteiger partial charge >= 0.3 is 0 Å². The Morgan fingerprint density at radius 1 is 1.04 bits per heavy atom. The highest BCUT2D eigenvalue weighted by molar-refractivity contribution is 6.34. The van der Waals surface area contributed by atoms with E-state index < -0.39 is 0 Å². The lowest BCUT2D eigenvalue weighted by atomic mass is 9.93. The van der Waals surface area contributed by atoms with Gasteiger partial charge in [-0.15, -0.1) is 0 Å². The van der Waals surface area contributed by atoms with Crippen molar-refractivity contribution >= 4 is 41.1 Å². The minimum Gasteiger partial charge on any atom is -0.342 e. The minimum atomic E-state index is -0.0478. The van der Waals surface area contributed by atoms with E-state index in [1.54, 1.807) is 17.0 Å². The van der Waals surface area contributed by atoms with Crippen molar-refractivity contribution in [1.29, 1.82) is 0 Å². The van der Waals surface area contributed by atoms with E-state index in [-0.39, 0.29) is 17.7 Å². The Hall–Kier alpha value is -1.78. The van der Waals surface area contributed by atoms with Gasteiger partial charge in [-0.3, -0.25) is 9.59 Å². The van der Waals surface area contributed by atoms with Gasteiger partial charge in [0.2, 0.25) is 11.8 Å². The summed E-state index contributed by atoms with van der Waals surface area (Å²) in [5, 5.41) is 1.35. The first-order valence-corrected chi connectivity index (χ1v) is 10.1. The minimum absolute atomic E-state index is 0.0202. The van der Waals surface area contributed by atoms with Crippen LogP contribution in [0.2, 0.25) is 10.0 Å². The van der Waals surface area contributed by atoms with Crippen molar-refractivity contribution in [2.45, 2.75) is 25.7 Å². The molecular formula is C21H24Cl2N2O2. The highest BCUT2D eigenvalue weighted by Crippen LogP contribution is 2.28. The lowest BCUT2D eigenvalue weighted by Gasteiger charge is -2.35. The second-order valence-corrected chi connectivity index (χ2v) is 7.94. The Morgan fingerprint density at radius 3 is 2.33 bits per heavy atom. The SMILES string of the molecule is C=CC(=O)N1CCC(C(=O)N2CCC(=Cc3cc(Cl)ccc3Cl)CC2)CC1. The van der Waals surface area contributed by atoms with Gasteiger partial charge in [0, 0.05) is 42.1 Å². The molecule has 0 unspecified atom stereocenters.